The number of nitrogens with zero attached hydrogens (tertiary/aromatic N) is 1. The van der Waals surface area contributed by atoms with Gasteiger partial charge in [-0.25, -0.2) is 0 Å². The average Bonchev–Trinajstić information content (AvgIpc) is 3.24. The van der Waals surface area contributed by atoms with Gasteiger partial charge >= 0.3 is 5.97 Å². The van der Waals surface area contributed by atoms with Gasteiger partial charge in [0.15, 0.2) is 0 Å². The standard InChI is InChI=1S/C54H100NO7P/c1-6-8-10-12-14-16-18-20-22-24-26-27-28-30-32-34-36-38-40-42-44-46-49-59-51-53(52-61-63(57,58)60-50-48-55(3,4)5)62-54(56)47-45-43-41-39-37-35-33-31-29-25-23-21-19-17-15-13-11-9-7-2/h15,17-18,20-21,23-24,26,29,31,53H,6-14,16,19,22,25,27-28,30,32-52H2,1-5H3/b17-15-,20-18-,23-21-,26-24-,31-29-. The number of phosphoric ester groups is 1. The van der Waals surface area contributed by atoms with Crippen LogP contribution in [0.1, 0.15) is 219 Å². The molecule has 0 aromatic carbocycles. The van der Waals surface area contributed by atoms with Crippen LogP contribution in [0.3, 0.4) is 0 Å². The zero-order chi connectivity index (χ0) is 46.2. The van der Waals surface area contributed by atoms with Gasteiger partial charge in [-0.15, -0.1) is 0 Å². The molecule has 0 radical (unpaired) electrons. The molecule has 0 bridgehead atoms. The fourth-order valence-corrected chi connectivity index (χ4v) is 7.72. The Labute approximate surface area is 390 Å². The first kappa shape index (κ1) is 61.2. The minimum absolute atomic E-state index is 0.0206. The molecule has 0 fully saturated rings. The molecule has 0 saturated heterocycles. The van der Waals surface area contributed by atoms with Crippen molar-refractivity contribution in [3.05, 3.63) is 60.8 Å². The fraction of sp³-hybridized carbons (Fsp3) is 0.796. The van der Waals surface area contributed by atoms with Gasteiger partial charge in [-0.2, -0.15) is 0 Å². The smallest absolute Gasteiger partial charge is 0.306 e. The number of hydrogen-bond donors (Lipinski definition) is 0. The largest absolute Gasteiger partial charge is 0.756 e. The third-order valence-corrected chi connectivity index (χ3v) is 12.0. The van der Waals surface area contributed by atoms with E-state index < -0.39 is 13.9 Å². The highest BCUT2D eigenvalue weighted by molar-refractivity contribution is 7.45. The maximum absolute atomic E-state index is 12.7. The monoisotopic (exact) mass is 906 g/mol. The van der Waals surface area contributed by atoms with Crippen LogP contribution < -0.4 is 4.89 Å². The lowest BCUT2D eigenvalue weighted by Crippen LogP contribution is -2.37. The van der Waals surface area contributed by atoms with Crippen molar-refractivity contribution in [1.82, 2.24) is 0 Å². The lowest BCUT2D eigenvalue weighted by Gasteiger charge is -2.28. The van der Waals surface area contributed by atoms with Gasteiger partial charge in [-0.3, -0.25) is 9.36 Å². The zero-order valence-corrected chi connectivity index (χ0v) is 42.7. The van der Waals surface area contributed by atoms with Gasteiger partial charge in [0.25, 0.3) is 7.82 Å². The molecule has 0 aliphatic rings. The van der Waals surface area contributed by atoms with Gasteiger partial charge in [0.1, 0.15) is 19.3 Å². The molecule has 2 atom stereocenters. The zero-order valence-electron chi connectivity index (χ0n) is 41.8. The van der Waals surface area contributed by atoms with Crippen LogP contribution in [0.5, 0.6) is 0 Å². The summed E-state index contributed by atoms with van der Waals surface area (Å²) in [5.41, 5.74) is 0. The van der Waals surface area contributed by atoms with E-state index in [-0.39, 0.29) is 25.8 Å². The van der Waals surface area contributed by atoms with Crippen LogP contribution in [0, 0.1) is 0 Å². The number of allylic oxidation sites excluding steroid dienone is 10. The van der Waals surface area contributed by atoms with Crippen LogP contribution in [-0.2, 0) is 27.9 Å². The van der Waals surface area contributed by atoms with Crippen molar-refractivity contribution in [2.45, 2.75) is 225 Å². The molecule has 8 nitrogen and oxygen atoms in total. The van der Waals surface area contributed by atoms with Crippen molar-refractivity contribution in [3.63, 3.8) is 0 Å². The molecule has 0 rings (SSSR count). The van der Waals surface area contributed by atoms with Crippen LogP contribution in [0.2, 0.25) is 0 Å². The second-order valence-electron chi connectivity index (χ2n) is 18.5. The van der Waals surface area contributed by atoms with Crippen molar-refractivity contribution in [3.8, 4) is 0 Å². The van der Waals surface area contributed by atoms with E-state index >= 15 is 0 Å². The van der Waals surface area contributed by atoms with Gasteiger partial charge in [-0.05, 0) is 83.5 Å². The highest BCUT2D eigenvalue weighted by Crippen LogP contribution is 2.38. The number of quaternary nitrogens is 1. The van der Waals surface area contributed by atoms with Crippen LogP contribution in [0.4, 0.5) is 0 Å². The summed E-state index contributed by atoms with van der Waals surface area (Å²) in [6.45, 7) is 5.36. The number of hydrogen-bond acceptors (Lipinski definition) is 7. The molecule has 0 heterocycles. The molecular weight excluding hydrogens is 806 g/mol. The van der Waals surface area contributed by atoms with Crippen LogP contribution in [0.25, 0.3) is 0 Å². The molecule has 0 aromatic rings. The van der Waals surface area contributed by atoms with Crippen molar-refractivity contribution < 1.29 is 37.3 Å². The second-order valence-corrected chi connectivity index (χ2v) is 19.9. The lowest BCUT2D eigenvalue weighted by atomic mass is 10.1. The van der Waals surface area contributed by atoms with E-state index in [1.165, 1.54) is 135 Å². The number of likely N-dealkylation sites (N-methyl/N-ethyl adjacent to an activating group) is 1. The van der Waals surface area contributed by atoms with Crippen molar-refractivity contribution in [2.75, 3.05) is 54.1 Å². The summed E-state index contributed by atoms with van der Waals surface area (Å²) < 4.78 is 34.7. The minimum atomic E-state index is -4.54. The Kier molecular flexibility index (Phi) is 45.4. The van der Waals surface area contributed by atoms with E-state index in [9.17, 15) is 14.3 Å². The third kappa shape index (κ3) is 51.1. The Balaban J connectivity index is 4.17. The predicted octanol–water partition coefficient (Wildman–Crippen LogP) is 15.4. The average molecular weight is 906 g/mol. The van der Waals surface area contributed by atoms with E-state index in [0.717, 1.165) is 64.2 Å². The summed E-state index contributed by atoms with van der Waals surface area (Å²) in [6.07, 6.45) is 59.5. The number of ether oxygens (including phenoxy) is 2. The maximum Gasteiger partial charge on any atom is 0.306 e. The summed E-state index contributed by atoms with van der Waals surface area (Å²) >= 11 is 0. The molecule has 0 saturated carbocycles. The first-order chi connectivity index (χ1) is 30.6. The highest BCUT2D eigenvalue weighted by atomic mass is 31.2. The lowest BCUT2D eigenvalue weighted by molar-refractivity contribution is -0.870. The van der Waals surface area contributed by atoms with Crippen LogP contribution in [-0.4, -0.2) is 70.7 Å². The summed E-state index contributed by atoms with van der Waals surface area (Å²) in [4.78, 5) is 25.2. The number of esters is 1. The Morgan fingerprint density at radius 2 is 0.873 bits per heavy atom. The van der Waals surface area contributed by atoms with Gasteiger partial charge < -0.3 is 27.9 Å². The number of rotatable bonds is 48. The number of carbonyl (C=O) groups is 1. The molecule has 0 spiro atoms. The topological polar surface area (TPSA) is 94.1 Å². The van der Waals surface area contributed by atoms with Gasteiger partial charge in [0.2, 0.25) is 0 Å². The fourth-order valence-electron chi connectivity index (χ4n) is 7.00. The SMILES string of the molecule is CCCCC/C=C\C/C=C\C/C=C\CCCCCCCCC(=O)OC(COCCCCCCCCCCCC/C=C\C/C=C\CCCCCCC)COP(=O)([O-])OCC[N+](C)(C)C. The van der Waals surface area contributed by atoms with E-state index in [1.54, 1.807) is 0 Å². The van der Waals surface area contributed by atoms with E-state index in [0.29, 0.717) is 24.1 Å². The van der Waals surface area contributed by atoms with Crippen molar-refractivity contribution in [1.29, 1.82) is 0 Å². The van der Waals surface area contributed by atoms with Gasteiger partial charge in [0, 0.05) is 13.0 Å². The first-order valence-corrected chi connectivity index (χ1v) is 27.5. The molecule has 0 aliphatic carbocycles. The summed E-state index contributed by atoms with van der Waals surface area (Å²) in [5.74, 6) is -0.347. The van der Waals surface area contributed by atoms with E-state index in [1.807, 2.05) is 21.1 Å². The number of phosphoric acid groups is 1. The number of unbranched alkanes of at least 4 members (excludes halogenated alkanes) is 24. The minimum Gasteiger partial charge on any atom is -0.756 e. The molecule has 0 N–H and O–H groups in total. The predicted molar refractivity (Wildman–Crippen MR) is 268 cm³/mol. The van der Waals surface area contributed by atoms with Crippen molar-refractivity contribution in [2.24, 2.45) is 0 Å². The molecule has 9 heteroatoms. The third-order valence-electron chi connectivity index (χ3n) is 11.0. The van der Waals surface area contributed by atoms with E-state index in [4.69, 9.17) is 18.5 Å². The molecule has 0 aliphatic heterocycles. The highest BCUT2D eigenvalue weighted by Gasteiger charge is 2.20. The molecule has 0 amide bonds. The summed E-state index contributed by atoms with van der Waals surface area (Å²) in [7, 11) is 1.34. The molecule has 63 heavy (non-hydrogen) atoms. The van der Waals surface area contributed by atoms with Crippen molar-refractivity contribution >= 4 is 13.8 Å². The first-order valence-electron chi connectivity index (χ1n) is 26.0. The van der Waals surface area contributed by atoms with Crippen LogP contribution >= 0.6 is 7.82 Å². The molecule has 368 valence electrons. The summed E-state index contributed by atoms with van der Waals surface area (Å²) in [5, 5.41) is 0. The Morgan fingerprint density at radius 3 is 1.33 bits per heavy atom. The maximum atomic E-state index is 12.7. The Hall–Kier alpha value is -1.80. The Bertz CT molecular complexity index is 1190. The van der Waals surface area contributed by atoms with Gasteiger partial charge in [0.05, 0.1) is 34.4 Å². The molecule has 0 aromatic heterocycles. The second kappa shape index (κ2) is 46.7. The normalized spacial score (nSPS) is 14.1. The van der Waals surface area contributed by atoms with Gasteiger partial charge in [-0.1, -0.05) is 190 Å². The summed E-state index contributed by atoms with van der Waals surface area (Å²) in [6, 6.07) is 0. The quantitative estimate of drug-likeness (QED) is 0.0197. The Morgan fingerprint density at radius 1 is 0.492 bits per heavy atom. The van der Waals surface area contributed by atoms with E-state index in [2.05, 4.69) is 74.6 Å². The number of carbonyl (C=O) groups excluding carboxylic acids is 1. The van der Waals surface area contributed by atoms with Crippen LogP contribution in [0.15, 0.2) is 60.8 Å². The molecule has 2 unspecified atom stereocenters. The molecular formula is C54H100NO7P.